The van der Waals surface area contributed by atoms with Gasteiger partial charge in [-0.25, -0.2) is 0 Å². The van der Waals surface area contributed by atoms with Gasteiger partial charge in [0.25, 0.3) is 0 Å². The van der Waals surface area contributed by atoms with E-state index in [-0.39, 0.29) is 0 Å². The van der Waals surface area contributed by atoms with Gasteiger partial charge < -0.3 is 0 Å². The quantitative estimate of drug-likeness (QED) is 0.198. The maximum atomic E-state index is 3.30. The summed E-state index contributed by atoms with van der Waals surface area (Å²) in [5, 5.41) is 0. The number of aryl methyl sites for hydroxylation is 2. The number of rotatable bonds is 11. The maximum absolute atomic E-state index is 3.30. The van der Waals surface area contributed by atoms with Crippen LogP contribution in [0.15, 0.2) is 72.8 Å². The van der Waals surface area contributed by atoms with E-state index in [1.54, 1.807) is 0 Å². The Kier molecular flexibility index (Phi) is 11.8. The molecule has 0 aromatic heterocycles. The molecule has 0 saturated heterocycles. The van der Waals surface area contributed by atoms with Gasteiger partial charge in [0.15, 0.2) is 0 Å². The largest absolute Gasteiger partial charge is 0.0654 e. The molecule has 0 aliphatic carbocycles. The van der Waals surface area contributed by atoms with Crippen LogP contribution in [0.25, 0.3) is 0 Å². The minimum atomic E-state index is 1.01. The predicted octanol–water partition coefficient (Wildman–Crippen LogP) is 9.12. The van der Waals surface area contributed by atoms with Crippen LogP contribution >= 0.6 is 0 Å². The second-order valence-electron chi connectivity index (χ2n) is 9.45. The van der Waals surface area contributed by atoms with Crippen LogP contribution in [0.2, 0.25) is 0 Å². The molecule has 180 valence electrons. The molecule has 0 heteroatoms. The van der Waals surface area contributed by atoms with Crippen LogP contribution < -0.4 is 0 Å². The van der Waals surface area contributed by atoms with Crippen LogP contribution in [0, 0.1) is 23.7 Å². The van der Waals surface area contributed by atoms with Crippen LogP contribution in [-0.2, 0) is 12.8 Å². The molecule has 0 amide bonds. The first-order valence-corrected chi connectivity index (χ1v) is 13.6. The highest BCUT2D eigenvalue weighted by atomic mass is 14.0. The van der Waals surface area contributed by atoms with E-state index in [1.165, 1.54) is 75.3 Å². The summed E-state index contributed by atoms with van der Waals surface area (Å²) >= 11 is 0. The molecular weight excluding hydrogens is 420 g/mol. The van der Waals surface area contributed by atoms with Crippen molar-refractivity contribution in [1.82, 2.24) is 0 Å². The van der Waals surface area contributed by atoms with E-state index >= 15 is 0 Å². The zero-order valence-corrected chi connectivity index (χ0v) is 21.7. The van der Waals surface area contributed by atoms with Gasteiger partial charge in [0.1, 0.15) is 0 Å². The summed E-state index contributed by atoms with van der Waals surface area (Å²) in [6.07, 6.45) is 14.3. The molecule has 0 aliphatic heterocycles. The molecule has 0 bridgehead atoms. The van der Waals surface area contributed by atoms with Crippen molar-refractivity contribution in [2.24, 2.45) is 0 Å². The van der Waals surface area contributed by atoms with Crippen molar-refractivity contribution in [3.63, 3.8) is 0 Å². The summed E-state index contributed by atoms with van der Waals surface area (Å²) in [5.41, 5.74) is 6.97. The molecule has 0 unspecified atom stereocenters. The van der Waals surface area contributed by atoms with Crippen molar-refractivity contribution < 1.29 is 0 Å². The van der Waals surface area contributed by atoms with Gasteiger partial charge in [0, 0.05) is 22.3 Å². The van der Waals surface area contributed by atoms with E-state index < -0.39 is 0 Å². The molecule has 3 aromatic carbocycles. The van der Waals surface area contributed by atoms with E-state index in [0.717, 1.165) is 28.7 Å². The van der Waals surface area contributed by atoms with Crippen molar-refractivity contribution in [2.45, 2.75) is 84.5 Å². The second-order valence-corrected chi connectivity index (χ2v) is 9.45. The summed E-state index contributed by atoms with van der Waals surface area (Å²) in [6, 6.07) is 25.6. The third-order valence-corrected chi connectivity index (χ3v) is 6.38. The van der Waals surface area contributed by atoms with Gasteiger partial charge in [-0.2, -0.15) is 0 Å². The van der Waals surface area contributed by atoms with Crippen molar-refractivity contribution in [1.29, 1.82) is 0 Å². The molecule has 35 heavy (non-hydrogen) atoms. The maximum Gasteiger partial charge on any atom is 0.0249 e. The number of unbranched alkanes of at least 4 members (excludes halogenated alkanes) is 7. The molecule has 0 nitrogen and oxygen atoms in total. The van der Waals surface area contributed by atoms with Gasteiger partial charge in [-0.1, -0.05) is 107 Å². The van der Waals surface area contributed by atoms with Crippen LogP contribution in [-0.4, -0.2) is 0 Å². The molecule has 3 rings (SSSR count). The van der Waals surface area contributed by atoms with Crippen molar-refractivity contribution in [3.05, 3.63) is 106 Å². The summed E-state index contributed by atoms with van der Waals surface area (Å²) in [5.74, 6) is 13.1. The third kappa shape index (κ3) is 10.3. The molecule has 0 heterocycles. The first-order chi connectivity index (χ1) is 17.3. The summed E-state index contributed by atoms with van der Waals surface area (Å²) in [4.78, 5) is 0. The summed E-state index contributed by atoms with van der Waals surface area (Å²) in [6.45, 7) is 4.50. The molecule has 3 aromatic rings. The van der Waals surface area contributed by atoms with E-state index in [9.17, 15) is 0 Å². The smallest absolute Gasteiger partial charge is 0.0249 e. The minimum Gasteiger partial charge on any atom is -0.0654 e. The lowest BCUT2D eigenvalue weighted by molar-refractivity contribution is 0.589. The minimum absolute atomic E-state index is 1.01. The average molecular weight is 461 g/mol. The van der Waals surface area contributed by atoms with Crippen LogP contribution in [0.4, 0.5) is 0 Å². The van der Waals surface area contributed by atoms with E-state index in [1.807, 2.05) is 0 Å². The van der Waals surface area contributed by atoms with Crippen molar-refractivity contribution in [2.75, 3.05) is 0 Å². The monoisotopic (exact) mass is 460 g/mol. The molecule has 0 radical (unpaired) electrons. The first-order valence-electron chi connectivity index (χ1n) is 13.6. The Balaban J connectivity index is 1.46. The Labute approximate surface area is 214 Å². The lowest BCUT2D eigenvalue weighted by Gasteiger charge is -2.02. The SMILES string of the molecule is CCCCCCCCCc1ccc(C#Cc2ccc(C#Cc3ccc(CCCC)cc3)cc2)cc1. The molecule has 0 saturated carbocycles. The standard InChI is InChI=1S/C35H40/c1-3-5-7-8-9-10-11-13-31-16-20-33(21-17-31)23-25-35-28-26-34(27-29-35)24-22-32-18-14-30(15-19-32)12-6-4-2/h14-21,26-29H,3-13H2,1-2H3. The number of hydrogen-bond donors (Lipinski definition) is 0. The first kappa shape index (κ1) is 26.4. The fourth-order valence-corrected chi connectivity index (χ4v) is 4.10. The van der Waals surface area contributed by atoms with Gasteiger partial charge in [-0.3, -0.25) is 0 Å². The predicted molar refractivity (Wildman–Crippen MR) is 152 cm³/mol. The normalized spacial score (nSPS) is 10.2. The van der Waals surface area contributed by atoms with Gasteiger partial charge in [-0.15, -0.1) is 0 Å². The zero-order chi connectivity index (χ0) is 24.6. The Morgan fingerprint density at radius 1 is 0.371 bits per heavy atom. The molecule has 0 spiro atoms. The van der Waals surface area contributed by atoms with E-state index in [2.05, 4.69) is 110 Å². The Hall–Kier alpha value is -3.22. The fourth-order valence-electron chi connectivity index (χ4n) is 4.10. The third-order valence-electron chi connectivity index (χ3n) is 6.38. The highest BCUT2D eigenvalue weighted by molar-refractivity contribution is 5.48. The molecule has 0 fully saturated rings. The van der Waals surface area contributed by atoms with Crippen LogP contribution in [0.5, 0.6) is 0 Å². The number of benzene rings is 3. The molecule has 0 aliphatic rings. The Morgan fingerprint density at radius 3 is 1.09 bits per heavy atom. The lowest BCUT2D eigenvalue weighted by atomic mass is 10.0. The van der Waals surface area contributed by atoms with Crippen LogP contribution in [0.1, 0.15) is 105 Å². The average Bonchev–Trinajstić information content (AvgIpc) is 2.91. The highest BCUT2D eigenvalue weighted by Gasteiger charge is 1.96. The van der Waals surface area contributed by atoms with Gasteiger partial charge in [0.05, 0.1) is 0 Å². The fraction of sp³-hybridized carbons (Fsp3) is 0.371. The zero-order valence-electron chi connectivity index (χ0n) is 21.7. The summed E-state index contributed by atoms with van der Waals surface area (Å²) < 4.78 is 0. The Morgan fingerprint density at radius 2 is 0.686 bits per heavy atom. The van der Waals surface area contributed by atoms with Crippen LogP contribution in [0.3, 0.4) is 0 Å². The lowest BCUT2D eigenvalue weighted by Crippen LogP contribution is -1.87. The number of hydrogen-bond acceptors (Lipinski definition) is 0. The van der Waals surface area contributed by atoms with Gasteiger partial charge in [-0.05, 0) is 85.3 Å². The highest BCUT2D eigenvalue weighted by Crippen LogP contribution is 2.12. The molecular formula is C35H40. The van der Waals surface area contributed by atoms with E-state index in [0.29, 0.717) is 0 Å². The Bertz CT molecular complexity index is 1110. The second kappa shape index (κ2) is 15.6. The van der Waals surface area contributed by atoms with Gasteiger partial charge >= 0.3 is 0 Å². The van der Waals surface area contributed by atoms with Crippen molar-refractivity contribution >= 4 is 0 Å². The van der Waals surface area contributed by atoms with Gasteiger partial charge in [0.2, 0.25) is 0 Å². The summed E-state index contributed by atoms with van der Waals surface area (Å²) in [7, 11) is 0. The molecule has 0 N–H and O–H groups in total. The van der Waals surface area contributed by atoms with Crippen molar-refractivity contribution in [3.8, 4) is 23.7 Å². The van der Waals surface area contributed by atoms with E-state index in [4.69, 9.17) is 0 Å². The molecule has 0 atom stereocenters. The topological polar surface area (TPSA) is 0 Å².